The molecule has 138 valence electrons. The summed E-state index contributed by atoms with van der Waals surface area (Å²) in [5.41, 5.74) is 2.54. The summed E-state index contributed by atoms with van der Waals surface area (Å²) in [5, 5.41) is 9.78. The maximum absolute atomic E-state index is 13.2. The lowest BCUT2D eigenvalue weighted by Gasteiger charge is -2.39. The number of hydrogen-bond acceptors (Lipinski definition) is 2. The van der Waals surface area contributed by atoms with E-state index in [0.717, 1.165) is 45.2 Å². The summed E-state index contributed by atoms with van der Waals surface area (Å²) in [7, 11) is 0. The van der Waals surface area contributed by atoms with E-state index in [2.05, 4.69) is 24.8 Å². The molecule has 1 aromatic carbocycles. The van der Waals surface area contributed by atoms with Crippen molar-refractivity contribution in [1.82, 2.24) is 4.90 Å². The van der Waals surface area contributed by atoms with Gasteiger partial charge in [-0.25, -0.2) is 0 Å². The number of benzene rings is 1. The molecule has 2 aliphatic rings. The molecule has 1 amide bonds. The second-order valence-electron chi connectivity index (χ2n) is 8.08. The number of nitrogens with zero attached hydrogens (tertiary/aromatic N) is 1. The van der Waals surface area contributed by atoms with E-state index in [1.165, 1.54) is 30.4 Å². The van der Waals surface area contributed by atoms with Crippen molar-refractivity contribution in [3.63, 3.8) is 0 Å². The van der Waals surface area contributed by atoms with E-state index in [-0.39, 0.29) is 5.92 Å². The SMILES string of the molecule is CCc1cc(O)ccc1C[C@H]1C(C)CCC[C@H]1C(=O)N1CCCCC1. The van der Waals surface area contributed by atoms with Crippen LogP contribution in [0.4, 0.5) is 0 Å². The van der Waals surface area contributed by atoms with Crippen molar-refractivity contribution in [2.24, 2.45) is 17.8 Å². The van der Waals surface area contributed by atoms with Gasteiger partial charge in [-0.2, -0.15) is 0 Å². The molecule has 2 fully saturated rings. The number of hydrogen-bond donors (Lipinski definition) is 1. The molecule has 0 spiro atoms. The molecule has 3 heteroatoms. The molecule has 25 heavy (non-hydrogen) atoms. The Morgan fingerprint density at radius 3 is 2.60 bits per heavy atom. The number of carbonyl (C=O) groups is 1. The molecule has 0 radical (unpaired) electrons. The van der Waals surface area contributed by atoms with Crippen molar-refractivity contribution in [2.45, 2.75) is 65.2 Å². The third kappa shape index (κ3) is 4.19. The summed E-state index contributed by atoms with van der Waals surface area (Å²) in [6, 6.07) is 5.76. The number of carbonyl (C=O) groups excluding carboxylic acids is 1. The number of likely N-dealkylation sites (tertiary alicyclic amines) is 1. The Labute approximate surface area is 152 Å². The van der Waals surface area contributed by atoms with E-state index in [1.807, 2.05) is 6.07 Å². The number of phenolic OH excluding ortho intramolecular Hbond substituents is 1. The molecule has 1 heterocycles. The summed E-state index contributed by atoms with van der Waals surface area (Å²) in [6.45, 7) is 6.37. The second-order valence-corrected chi connectivity index (χ2v) is 8.08. The van der Waals surface area contributed by atoms with Gasteiger partial charge in [0.05, 0.1) is 0 Å². The van der Waals surface area contributed by atoms with Crippen LogP contribution >= 0.6 is 0 Å². The standard InChI is InChI=1S/C22H33NO2/c1-3-17-14-19(24)11-10-18(17)15-21-16(2)8-7-9-20(21)22(25)23-12-5-4-6-13-23/h10-11,14,16,20-21,24H,3-9,12-13,15H2,1-2H3/t16?,20-,21+/m1/s1. The van der Waals surface area contributed by atoms with Crippen molar-refractivity contribution < 1.29 is 9.90 Å². The fraction of sp³-hybridized carbons (Fsp3) is 0.682. The Bertz CT molecular complexity index is 592. The lowest BCUT2D eigenvalue weighted by Crippen LogP contribution is -2.45. The molecule has 1 saturated carbocycles. The summed E-state index contributed by atoms with van der Waals surface area (Å²) >= 11 is 0. The van der Waals surface area contributed by atoms with Crippen LogP contribution < -0.4 is 0 Å². The van der Waals surface area contributed by atoms with E-state index in [4.69, 9.17) is 0 Å². The Balaban J connectivity index is 1.79. The average molecular weight is 344 g/mol. The zero-order chi connectivity index (χ0) is 17.8. The first-order valence-corrected chi connectivity index (χ1v) is 10.2. The highest BCUT2D eigenvalue weighted by Crippen LogP contribution is 2.39. The molecule has 1 saturated heterocycles. The first-order valence-electron chi connectivity index (χ1n) is 10.2. The number of piperidine rings is 1. The molecule has 1 aliphatic heterocycles. The van der Waals surface area contributed by atoms with Gasteiger partial charge in [0.2, 0.25) is 5.91 Å². The zero-order valence-electron chi connectivity index (χ0n) is 15.8. The van der Waals surface area contributed by atoms with Crippen molar-refractivity contribution in [1.29, 1.82) is 0 Å². The number of phenols is 1. The van der Waals surface area contributed by atoms with Gasteiger partial charge in [-0.15, -0.1) is 0 Å². The van der Waals surface area contributed by atoms with E-state index < -0.39 is 0 Å². The Kier molecular flexibility index (Phi) is 6.03. The minimum atomic E-state index is 0.181. The van der Waals surface area contributed by atoms with E-state index in [0.29, 0.717) is 23.5 Å². The minimum Gasteiger partial charge on any atom is -0.508 e. The average Bonchev–Trinajstić information content (AvgIpc) is 2.64. The van der Waals surface area contributed by atoms with Crippen molar-refractivity contribution in [3.05, 3.63) is 29.3 Å². The molecule has 3 atom stereocenters. The van der Waals surface area contributed by atoms with Gasteiger partial charge in [-0.1, -0.05) is 32.8 Å². The van der Waals surface area contributed by atoms with E-state index in [1.54, 1.807) is 6.07 Å². The van der Waals surface area contributed by atoms with Gasteiger partial charge < -0.3 is 10.0 Å². The summed E-state index contributed by atoms with van der Waals surface area (Å²) in [6.07, 6.45) is 8.94. The van der Waals surface area contributed by atoms with Crippen LogP contribution in [0, 0.1) is 17.8 Å². The Hall–Kier alpha value is -1.51. The van der Waals surface area contributed by atoms with Crippen LogP contribution in [0.2, 0.25) is 0 Å². The first-order chi connectivity index (χ1) is 12.1. The van der Waals surface area contributed by atoms with Crippen LogP contribution in [-0.4, -0.2) is 29.0 Å². The number of amides is 1. The van der Waals surface area contributed by atoms with Crippen molar-refractivity contribution >= 4 is 5.91 Å². The predicted octanol–water partition coefficient (Wildman–Crippen LogP) is 4.56. The summed E-state index contributed by atoms with van der Waals surface area (Å²) in [5.74, 6) is 1.95. The lowest BCUT2D eigenvalue weighted by atomic mass is 9.69. The monoisotopic (exact) mass is 343 g/mol. The zero-order valence-corrected chi connectivity index (χ0v) is 15.8. The highest BCUT2D eigenvalue weighted by molar-refractivity contribution is 5.79. The molecule has 1 N–H and O–H groups in total. The summed E-state index contributed by atoms with van der Waals surface area (Å²) < 4.78 is 0. The Morgan fingerprint density at radius 2 is 1.88 bits per heavy atom. The van der Waals surface area contributed by atoms with Crippen LogP contribution in [0.25, 0.3) is 0 Å². The van der Waals surface area contributed by atoms with Gasteiger partial charge in [-0.05, 0) is 73.6 Å². The van der Waals surface area contributed by atoms with Gasteiger partial charge in [0.25, 0.3) is 0 Å². The summed E-state index contributed by atoms with van der Waals surface area (Å²) in [4.78, 5) is 15.3. The Morgan fingerprint density at radius 1 is 1.12 bits per heavy atom. The van der Waals surface area contributed by atoms with Crippen LogP contribution in [0.15, 0.2) is 18.2 Å². The molecule has 1 aliphatic carbocycles. The van der Waals surface area contributed by atoms with Crippen LogP contribution in [0.3, 0.4) is 0 Å². The van der Waals surface area contributed by atoms with Crippen molar-refractivity contribution in [2.75, 3.05) is 13.1 Å². The van der Waals surface area contributed by atoms with E-state index in [9.17, 15) is 9.90 Å². The van der Waals surface area contributed by atoms with Gasteiger partial charge in [0.1, 0.15) is 5.75 Å². The second kappa shape index (κ2) is 8.25. The topological polar surface area (TPSA) is 40.5 Å². The first kappa shape index (κ1) is 18.3. The van der Waals surface area contributed by atoms with E-state index >= 15 is 0 Å². The third-order valence-corrected chi connectivity index (χ3v) is 6.43. The smallest absolute Gasteiger partial charge is 0.225 e. The molecular weight excluding hydrogens is 310 g/mol. The molecule has 0 bridgehead atoms. The molecule has 1 aromatic rings. The van der Waals surface area contributed by atoms with Crippen molar-refractivity contribution in [3.8, 4) is 5.75 Å². The minimum absolute atomic E-state index is 0.181. The number of aromatic hydroxyl groups is 1. The lowest BCUT2D eigenvalue weighted by molar-refractivity contribution is -0.140. The fourth-order valence-corrected chi connectivity index (χ4v) is 4.88. The molecule has 1 unspecified atom stereocenters. The maximum atomic E-state index is 13.2. The molecular formula is C22H33NO2. The van der Waals surface area contributed by atoms with Crippen LogP contribution in [0.1, 0.15) is 63.5 Å². The van der Waals surface area contributed by atoms with Gasteiger partial charge in [-0.3, -0.25) is 4.79 Å². The normalized spacial score (nSPS) is 27.3. The highest BCUT2D eigenvalue weighted by atomic mass is 16.3. The number of rotatable bonds is 4. The van der Waals surface area contributed by atoms with Crippen LogP contribution in [0.5, 0.6) is 5.75 Å². The predicted molar refractivity (Wildman–Crippen MR) is 102 cm³/mol. The van der Waals surface area contributed by atoms with Gasteiger partial charge in [0, 0.05) is 19.0 Å². The highest BCUT2D eigenvalue weighted by Gasteiger charge is 2.37. The quantitative estimate of drug-likeness (QED) is 0.870. The number of aryl methyl sites for hydroxylation is 1. The van der Waals surface area contributed by atoms with Gasteiger partial charge >= 0.3 is 0 Å². The maximum Gasteiger partial charge on any atom is 0.225 e. The fourth-order valence-electron chi connectivity index (χ4n) is 4.88. The molecule has 0 aromatic heterocycles. The third-order valence-electron chi connectivity index (χ3n) is 6.43. The van der Waals surface area contributed by atoms with Crippen LogP contribution in [-0.2, 0) is 17.6 Å². The molecule has 3 nitrogen and oxygen atoms in total. The largest absolute Gasteiger partial charge is 0.508 e. The van der Waals surface area contributed by atoms with Gasteiger partial charge in [0.15, 0.2) is 0 Å². The molecule has 3 rings (SSSR count).